The van der Waals surface area contributed by atoms with Crippen LogP contribution in [0.3, 0.4) is 0 Å². The third-order valence-electron chi connectivity index (χ3n) is 3.36. The maximum Gasteiger partial charge on any atom is 0.331 e. The van der Waals surface area contributed by atoms with Crippen molar-refractivity contribution in [2.75, 3.05) is 26.0 Å². The lowest BCUT2D eigenvalue weighted by molar-refractivity contribution is -0.143. The summed E-state index contributed by atoms with van der Waals surface area (Å²) >= 11 is 7.43. The summed E-state index contributed by atoms with van der Waals surface area (Å²) in [5, 5.41) is 3.39. The third-order valence-corrected chi connectivity index (χ3v) is 4.62. The lowest BCUT2D eigenvalue weighted by atomic mass is 10.2. The Morgan fingerprint density at radius 1 is 1.19 bits per heavy atom. The predicted octanol–water partition coefficient (Wildman–Crippen LogP) is 3.81. The van der Waals surface area contributed by atoms with Crippen molar-refractivity contribution in [2.45, 2.75) is 4.90 Å². The molecule has 2 aromatic carbocycles. The van der Waals surface area contributed by atoms with Gasteiger partial charge >= 0.3 is 5.97 Å². The Morgan fingerprint density at radius 3 is 2.70 bits per heavy atom. The molecule has 0 saturated carbocycles. The number of rotatable bonds is 9. The molecule has 0 heterocycles. The van der Waals surface area contributed by atoms with Crippen molar-refractivity contribution in [1.82, 2.24) is 5.32 Å². The van der Waals surface area contributed by atoms with Gasteiger partial charge in [0.1, 0.15) is 5.75 Å². The van der Waals surface area contributed by atoms with E-state index in [1.165, 1.54) is 6.08 Å². The lowest BCUT2D eigenvalue weighted by Crippen LogP contribution is -2.30. The summed E-state index contributed by atoms with van der Waals surface area (Å²) in [6.07, 6.45) is 2.88. The third kappa shape index (κ3) is 8.19. The molecule has 142 valence electrons. The summed E-state index contributed by atoms with van der Waals surface area (Å²) in [5.41, 5.74) is 0.801. The number of thioether (sulfide) groups is 1. The quantitative estimate of drug-likeness (QED) is 0.297. The Bertz CT molecular complexity index is 793. The second-order valence-corrected chi connectivity index (χ2v) is 6.97. The normalized spacial score (nSPS) is 10.6. The minimum atomic E-state index is -0.580. The van der Waals surface area contributed by atoms with Gasteiger partial charge in [0, 0.05) is 28.3 Å². The van der Waals surface area contributed by atoms with Crippen LogP contribution in [0.15, 0.2) is 59.5 Å². The highest BCUT2D eigenvalue weighted by Crippen LogP contribution is 2.19. The molecular formula is C20H20ClNO4S. The van der Waals surface area contributed by atoms with Gasteiger partial charge < -0.3 is 14.8 Å². The van der Waals surface area contributed by atoms with Crippen LogP contribution in [0.25, 0.3) is 6.08 Å². The zero-order valence-electron chi connectivity index (χ0n) is 14.8. The second kappa shape index (κ2) is 11.3. The molecule has 1 N–H and O–H groups in total. The van der Waals surface area contributed by atoms with Crippen LogP contribution in [0.4, 0.5) is 0 Å². The maximum atomic E-state index is 11.7. The molecule has 0 saturated heterocycles. The number of esters is 1. The molecule has 0 aliphatic heterocycles. The highest BCUT2D eigenvalue weighted by atomic mass is 35.5. The van der Waals surface area contributed by atoms with E-state index < -0.39 is 5.97 Å². The van der Waals surface area contributed by atoms with Gasteiger partial charge in [0.15, 0.2) is 6.61 Å². The number of ether oxygens (including phenoxy) is 2. The van der Waals surface area contributed by atoms with Crippen LogP contribution >= 0.6 is 23.4 Å². The Morgan fingerprint density at radius 2 is 1.96 bits per heavy atom. The van der Waals surface area contributed by atoms with Crippen molar-refractivity contribution in [3.05, 3.63) is 65.2 Å². The summed E-state index contributed by atoms with van der Waals surface area (Å²) in [4.78, 5) is 24.5. The van der Waals surface area contributed by atoms with Crippen molar-refractivity contribution in [1.29, 1.82) is 0 Å². The van der Waals surface area contributed by atoms with Crippen molar-refractivity contribution in [3.8, 4) is 5.75 Å². The number of methoxy groups -OCH3 is 1. The van der Waals surface area contributed by atoms with Crippen LogP contribution in [0.2, 0.25) is 5.02 Å². The van der Waals surface area contributed by atoms with Gasteiger partial charge in [-0.2, -0.15) is 0 Å². The van der Waals surface area contributed by atoms with Gasteiger partial charge in [-0.05, 0) is 48.0 Å². The first-order chi connectivity index (χ1) is 13.1. The molecule has 0 atom stereocenters. The molecule has 0 bridgehead atoms. The average molecular weight is 406 g/mol. The number of hydrogen-bond acceptors (Lipinski definition) is 5. The van der Waals surface area contributed by atoms with E-state index in [4.69, 9.17) is 21.1 Å². The molecular weight excluding hydrogens is 386 g/mol. The Hall–Kier alpha value is -2.44. The number of carbonyl (C=O) groups excluding carboxylic acids is 2. The van der Waals surface area contributed by atoms with Gasteiger partial charge in [0.05, 0.1) is 7.11 Å². The molecule has 0 unspecified atom stereocenters. The van der Waals surface area contributed by atoms with E-state index in [0.29, 0.717) is 23.1 Å². The Labute approximate surface area is 167 Å². The molecule has 27 heavy (non-hydrogen) atoms. The summed E-state index contributed by atoms with van der Waals surface area (Å²) < 4.78 is 10.0. The van der Waals surface area contributed by atoms with Gasteiger partial charge in [-0.15, -0.1) is 11.8 Å². The number of benzene rings is 2. The fourth-order valence-electron chi connectivity index (χ4n) is 2.04. The molecule has 0 aromatic heterocycles. The summed E-state index contributed by atoms with van der Waals surface area (Å²) in [6.45, 7) is 0.163. The highest BCUT2D eigenvalue weighted by molar-refractivity contribution is 7.99. The molecule has 2 rings (SSSR count). The SMILES string of the molecule is COc1cccc(/C=C/C(=O)OCC(=O)NCCSc2ccc(Cl)cc2)c1. The number of carbonyl (C=O) groups is 2. The van der Waals surface area contributed by atoms with E-state index in [9.17, 15) is 9.59 Å². The van der Waals surface area contributed by atoms with Crippen LogP contribution in [0.5, 0.6) is 5.75 Å². The van der Waals surface area contributed by atoms with E-state index in [2.05, 4.69) is 5.32 Å². The summed E-state index contributed by atoms with van der Waals surface area (Å²) in [5.74, 6) is 0.483. The van der Waals surface area contributed by atoms with Crippen molar-refractivity contribution in [3.63, 3.8) is 0 Å². The van der Waals surface area contributed by atoms with Gasteiger partial charge in [-0.1, -0.05) is 23.7 Å². The van der Waals surface area contributed by atoms with Crippen molar-refractivity contribution >= 4 is 41.3 Å². The predicted molar refractivity (Wildman–Crippen MR) is 108 cm³/mol. The van der Waals surface area contributed by atoms with Crippen molar-refractivity contribution < 1.29 is 19.1 Å². The molecule has 2 aromatic rings. The molecule has 0 aliphatic rings. The molecule has 5 nitrogen and oxygen atoms in total. The zero-order chi connectivity index (χ0) is 19.5. The smallest absolute Gasteiger partial charge is 0.331 e. The standard InChI is InChI=1S/C20H20ClNO4S/c1-25-17-4-2-3-15(13-17)5-10-20(24)26-14-19(23)22-11-12-27-18-8-6-16(21)7-9-18/h2-10,13H,11-12,14H2,1H3,(H,22,23)/b10-5+. The van der Waals surface area contributed by atoms with E-state index in [1.54, 1.807) is 31.0 Å². The fourth-order valence-corrected chi connectivity index (χ4v) is 2.93. The molecule has 7 heteroatoms. The Balaban J connectivity index is 1.63. The molecule has 0 radical (unpaired) electrons. The fraction of sp³-hybridized carbons (Fsp3) is 0.200. The van der Waals surface area contributed by atoms with Crippen LogP contribution in [0.1, 0.15) is 5.56 Å². The summed E-state index contributed by atoms with van der Waals surface area (Å²) in [6, 6.07) is 14.7. The highest BCUT2D eigenvalue weighted by Gasteiger charge is 2.05. The first kappa shape index (κ1) is 20.9. The van der Waals surface area contributed by atoms with Gasteiger partial charge in [-0.3, -0.25) is 4.79 Å². The van der Waals surface area contributed by atoms with E-state index in [1.807, 2.05) is 42.5 Å². The maximum absolute atomic E-state index is 11.7. The lowest BCUT2D eigenvalue weighted by Gasteiger charge is -2.05. The first-order valence-corrected chi connectivity index (χ1v) is 9.57. The Kier molecular flexibility index (Phi) is 8.74. The topological polar surface area (TPSA) is 64.6 Å². The zero-order valence-corrected chi connectivity index (χ0v) is 16.4. The largest absolute Gasteiger partial charge is 0.497 e. The number of nitrogens with one attached hydrogen (secondary N) is 1. The number of amides is 1. The van der Waals surface area contributed by atoms with Gasteiger partial charge in [0.2, 0.25) is 0 Å². The van der Waals surface area contributed by atoms with Gasteiger partial charge in [0.25, 0.3) is 5.91 Å². The van der Waals surface area contributed by atoms with E-state index >= 15 is 0 Å². The van der Waals surface area contributed by atoms with E-state index in [-0.39, 0.29) is 12.5 Å². The van der Waals surface area contributed by atoms with Crippen LogP contribution in [-0.4, -0.2) is 37.9 Å². The average Bonchev–Trinajstić information content (AvgIpc) is 2.69. The molecule has 1 amide bonds. The number of halogens is 1. The minimum absolute atomic E-state index is 0.313. The molecule has 0 spiro atoms. The van der Waals surface area contributed by atoms with Crippen molar-refractivity contribution in [2.24, 2.45) is 0 Å². The monoisotopic (exact) mass is 405 g/mol. The summed E-state index contributed by atoms with van der Waals surface area (Å²) in [7, 11) is 1.57. The van der Waals surface area contributed by atoms with Crippen LogP contribution < -0.4 is 10.1 Å². The first-order valence-electron chi connectivity index (χ1n) is 8.21. The van der Waals surface area contributed by atoms with Crippen LogP contribution in [0, 0.1) is 0 Å². The second-order valence-electron chi connectivity index (χ2n) is 5.37. The van der Waals surface area contributed by atoms with Gasteiger partial charge in [-0.25, -0.2) is 4.79 Å². The molecule has 0 aliphatic carbocycles. The minimum Gasteiger partial charge on any atom is -0.497 e. The molecule has 0 fully saturated rings. The number of hydrogen-bond donors (Lipinski definition) is 1. The van der Waals surface area contributed by atoms with E-state index in [0.717, 1.165) is 10.5 Å². The van der Waals surface area contributed by atoms with Crippen LogP contribution in [-0.2, 0) is 14.3 Å².